The van der Waals surface area contributed by atoms with Crippen LogP contribution in [-0.4, -0.2) is 21.6 Å². The normalized spacial score (nSPS) is 11.2. The monoisotopic (exact) mass is 930 g/mol. The standard InChI is InChI=1S/C30H18N4O.C6H4N.2Pt/c1-33-21-34(29-14-15-31-20-30(29)33)25-10-6-12-27(19-25)35-26-11-5-9-24(17-26)28-18-23(13-16-32-28)22-7-3-2-4-8-22;1-2-7-5-3-4-6-7;;/h2-7,10-16,20-21H,1H3;3-6H;;/q-6;-1;;+4. The van der Waals surface area contributed by atoms with E-state index in [1.54, 1.807) is 35.4 Å². The van der Waals surface area contributed by atoms with E-state index in [2.05, 4.69) is 51.2 Å². The van der Waals surface area contributed by atoms with Crippen molar-refractivity contribution in [3.8, 4) is 39.9 Å². The molecule has 1 aliphatic rings. The molecule has 0 bridgehead atoms. The van der Waals surface area contributed by atoms with E-state index in [0.717, 1.165) is 28.2 Å². The van der Waals surface area contributed by atoms with Gasteiger partial charge in [-0.2, -0.15) is 54.8 Å². The molecule has 44 heavy (non-hydrogen) atoms. The van der Waals surface area contributed by atoms with Crippen LogP contribution in [0.25, 0.3) is 22.4 Å². The first-order chi connectivity index (χ1) is 20.7. The summed E-state index contributed by atoms with van der Waals surface area (Å²) in [6.45, 7) is 2.00. The number of rotatable bonds is 5. The van der Waals surface area contributed by atoms with E-state index in [9.17, 15) is 0 Å². The molecule has 0 unspecified atom stereocenters. The molecule has 0 saturated carbocycles. The second kappa shape index (κ2) is 15.3. The topological polar surface area (TPSA) is 46.4 Å². The molecule has 0 saturated heterocycles. The minimum atomic E-state index is 0. The fourth-order valence-electron chi connectivity index (χ4n) is 4.33. The molecule has 0 N–H and O–H groups in total. The number of pyridine rings is 2. The summed E-state index contributed by atoms with van der Waals surface area (Å²) in [5.41, 5.74) is 6.11. The Kier molecular flexibility index (Phi) is 11.3. The van der Waals surface area contributed by atoms with E-state index in [1.165, 1.54) is 0 Å². The summed E-state index contributed by atoms with van der Waals surface area (Å²) in [5, 5.41) is 0. The molecular weight excluding hydrogens is 909 g/mol. The summed E-state index contributed by atoms with van der Waals surface area (Å²) in [4.78, 5) is 12.8. The molecule has 4 heterocycles. The third kappa shape index (κ3) is 7.55. The minimum Gasteiger partial charge on any atom is -0.669 e. The van der Waals surface area contributed by atoms with E-state index in [-0.39, 0.29) is 42.1 Å². The Balaban J connectivity index is 0.000000436. The molecule has 0 amide bonds. The van der Waals surface area contributed by atoms with Gasteiger partial charge in [0.05, 0.1) is 0 Å². The predicted molar refractivity (Wildman–Crippen MR) is 162 cm³/mol. The van der Waals surface area contributed by atoms with Crippen LogP contribution in [0.15, 0.2) is 110 Å². The van der Waals surface area contributed by atoms with Gasteiger partial charge >= 0.3 is 21.1 Å². The van der Waals surface area contributed by atoms with Crippen molar-refractivity contribution in [2.45, 2.75) is 0 Å². The van der Waals surface area contributed by atoms with E-state index in [4.69, 9.17) is 11.2 Å². The predicted octanol–water partition coefficient (Wildman–Crippen LogP) is 7.19. The first-order valence-electron chi connectivity index (χ1n) is 13.0. The summed E-state index contributed by atoms with van der Waals surface area (Å²) in [7, 11) is 1.99. The molecule has 1 aliphatic heterocycles. The molecule has 3 aromatic carbocycles. The van der Waals surface area contributed by atoms with Crippen molar-refractivity contribution in [1.29, 1.82) is 0 Å². The maximum absolute atomic E-state index is 6.57. The van der Waals surface area contributed by atoms with Gasteiger partial charge in [-0.15, -0.1) is 30.0 Å². The van der Waals surface area contributed by atoms with E-state index in [1.807, 2.05) is 97.6 Å². The van der Waals surface area contributed by atoms with Gasteiger partial charge in [0.1, 0.15) is 0 Å². The van der Waals surface area contributed by atoms with E-state index in [0.29, 0.717) is 22.8 Å². The van der Waals surface area contributed by atoms with Gasteiger partial charge < -0.3 is 42.1 Å². The van der Waals surface area contributed by atoms with Gasteiger partial charge in [0.25, 0.3) is 0 Å². The van der Waals surface area contributed by atoms with E-state index < -0.39 is 0 Å². The largest absolute Gasteiger partial charge is 4.00 e. The molecule has 7 rings (SSSR count). The number of hydrogen-bond donors (Lipinski definition) is 0. The van der Waals surface area contributed by atoms with Crippen molar-refractivity contribution >= 4 is 17.1 Å². The molecule has 6 nitrogen and oxygen atoms in total. The molecule has 220 valence electrons. The van der Waals surface area contributed by atoms with Crippen molar-refractivity contribution < 1.29 is 46.9 Å². The van der Waals surface area contributed by atoms with Gasteiger partial charge in [0.15, 0.2) is 0 Å². The maximum atomic E-state index is 6.57. The molecular formula is C36H22N5OPt2-3. The minimum absolute atomic E-state index is 0. The van der Waals surface area contributed by atoms with Gasteiger partial charge in [-0.3, -0.25) is 17.1 Å². The number of ether oxygens (including phenoxy) is 1. The summed E-state index contributed by atoms with van der Waals surface area (Å²) in [5.74, 6) is 1.13. The van der Waals surface area contributed by atoms with Gasteiger partial charge in [0.2, 0.25) is 0 Å². The quantitative estimate of drug-likeness (QED) is 0.136. The van der Waals surface area contributed by atoms with Crippen molar-refractivity contribution in [2.24, 2.45) is 0 Å². The molecule has 6 aromatic rings. The fraction of sp³-hybridized carbons (Fsp3) is 0.0278. The zero-order valence-electron chi connectivity index (χ0n) is 23.2. The number of hydrogen-bond acceptors (Lipinski definition) is 5. The van der Waals surface area contributed by atoms with Gasteiger partial charge in [-0.25, -0.2) is 23.2 Å². The first kappa shape index (κ1) is 32.5. The Hall–Kier alpha value is -4.42. The van der Waals surface area contributed by atoms with Crippen LogP contribution < -0.4 is 14.5 Å². The summed E-state index contributed by atoms with van der Waals surface area (Å²) < 4.78 is 7.67. The SMILES string of the molecule is CN1[CH-]N(c2[c-]c(Oc3[c-]c(-c4[c-]c(-c5[c-]cccc5)ccn4)[c-]cc3)ccc2)c2ccncc21.[C-]#Cn1cccc1.[Pt+4].[Pt]. The van der Waals surface area contributed by atoms with Gasteiger partial charge in [-0.05, 0) is 31.4 Å². The number of nitrogens with zero attached hydrogens (tertiary/aromatic N) is 5. The average Bonchev–Trinajstić information content (AvgIpc) is 3.70. The Morgan fingerprint density at radius 1 is 0.818 bits per heavy atom. The van der Waals surface area contributed by atoms with Gasteiger partial charge in [-0.1, -0.05) is 5.75 Å². The van der Waals surface area contributed by atoms with Crippen LogP contribution in [0.2, 0.25) is 0 Å². The number of benzene rings is 3. The van der Waals surface area contributed by atoms with E-state index >= 15 is 0 Å². The average molecular weight is 931 g/mol. The maximum Gasteiger partial charge on any atom is 4.00 e. The number of fused-ring (bicyclic) bond motifs is 1. The molecule has 0 aliphatic carbocycles. The summed E-state index contributed by atoms with van der Waals surface area (Å²) in [6, 6.07) is 43.3. The second-order valence-electron chi connectivity index (χ2n) is 9.12. The van der Waals surface area contributed by atoms with Crippen LogP contribution in [0.5, 0.6) is 11.5 Å². The molecule has 0 radical (unpaired) electrons. The number of anilines is 3. The molecule has 0 spiro atoms. The van der Waals surface area contributed by atoms with Crippen molar-refractivity contribution in [2.75, 3.05) is 16.8 Å². The Bertz CT molecular complexity index is 1840. The smallest absolute Gasteiger partial charge is 0.669 e. The fourth-order valence-corrected chi connectivity index (χ4v) is 4.33. The molecule has 0 atom stereocenters. The van der Waals surface area contributed by atoms with Crippen molar-refractivity contribution in [1.82, 2.24) is 14.5 Å². The van der Waals surface area contributed by atoms with Crippen LogP contribution in [-0.2, 0) is 42.1 Å². The van der Waals surface area contributed by atoms with Crippen LogP contribution in [0.4, 0.5) is 17.1 Å². The zero-order chi connectivity index (χ0) is 28.7. The summed E-state index contributed by atoms with van der Waals surface area (Å²) >= 11 is 0. The molecule has 3 aromatic heterocycles. The Labute approximate surface area is 286 Å². The van der Waals surface area contributed by atoms with Crippen LogP contribution in [0.1, 0.15) is 0 Å². The Morgan fingerprint density at radius 3 is 2.43 bits per heavy atom. The van der Waals surface area contributed by atoms with Gasteiger partial charge in [0, 0.05) is 63.0 Å². The van der Waals surface area contributed by atoms with Crippen molar-refractivity contribution in [3.63, 3.8) is 0 Å². The van der Waals surface area contributed by atoms with Crippen LogP contribution in [0, 0.1) is 49.5 Å². The third-order valence-electron chi connectivity index (χ3n) is 6.32. The second-order valence-corrected chi connectivity index (χ2v) is 9.12. The first-order valence-corrected chi connectivity index (χ1v) is 13.0. The van der Waals surface area contributed by atoms with Crippen LogP contribution in [0.3, 0.4) is 0 Å². The molecule has 0 fully saturated rings. The van der Waals surface area contributed by atoms with Crippen molar-refractivity contribution in [3.05, 3.63) is 153 Å². The van der Waals surface area contributed by atoms with Crippen LogP contribution >= 0.6 is 0 Å². The zero-order valence-corrected chi connectivity index (χ0v) is 27.8. The summed E-state index contributed by atoms with van der Waals surface area (Å²) in [6.07, 6.45) is 15.5. The third-order valence-corrected chi connectivity index (χ3v) is 6.32. The number of aromatic nitrogens is 3. The Morgan fingerprint density at radius 2 is 1.66 bits per heavy atom. The molecule has 8 heteroatoms.